The molecule has 16 heavy (non-hydrogen) atoms. The molecule has 1 aliphatic carbocycles. The Morgan fingerprint density at radius 1 is 1.12 bits per heavy atom. The van der Waals surface area contributed by atoms with E-state index in [1.807, 2.05) is 0 Å². The molecule has 2 fully saturated rings. The zero-order valence-corrected chi connectivity index (χ0v) is 9.80. The maximum atomic E-state index is 10.7. The highest BCUT2D eigenvalue weighted by molar-refractivity contribution is 5.03. The number of ether oxygens (including phenoxy) is 1. The first-order valence-corrected chi connectivity index (χ1v) is 6.27. The lowest BCUT2D eigenvalue weighted by atomic mass is 9.69. The minimum atomic E-state index is -1.28. The maximum Gasteiger partial charge on any atom is 0.122 e. The second-order valence-electron chi connectivity index (χ2n) is 5.21. The van der Waals surface area contributed by atoms with E-state index in [0.717, 1.165) is 25.7 Å². The normalized spacial score (nSPS) is 46.9. The minimum Gasteiger partial charge on any atom is -0.388 e. The standard InChI is InChI=1S/C12H22O4/c1-8-12(15,9-5-3-2-4-6-9)11(14)10(13)7-16-8/h8-11,13-15H,2-7H2,1H3/t8?,10-,11?,12-/m0/s1. The van der Waals surface area contributed by atoms with E-state index in [-0.39, 0.29) is 12.5 Å². The van der Waals surface area contributed by atoms with Crippen LogP contribution in [0.25, 0.3) is 0 Å². The summed E-state index contributed by atoms with van der Waals surface area (Å²) < 4.78 is 5.37. The largest absolute Gasteiger partial charge is 0.388 e. The van der Waals surface area contributed by atoms with E-state index in [2.05, 4.69) is 0 Å². The van der Waals surface area contributed by atoms with E-state index < -0.39 is 23.9 Å². The molecule has 0 aromatic carbocycles. The maximum absolute atomic E-state index is 10.7. The molecule has 4 heteroatoms. The average molecular weight is 230 g/mol. The highest BCUT2D eigenvalue weighted by Gasteiger charge is 2.53. The molecule has 1 aliphatic heterocycles. The molecule has 1 saturated heterocycles. The Bertz CT molecular complexity index is 239. The van der Waals surface area contributed by atoms with Crippen LogP contribution in [0.15, 0.2) is 0 Å². The van der Waals surface area contributed by atoms with Gasteiger partial charge in [-0.05, 0) is 25.7 Å². The molecule has 4 nitrogen and oxygen atoms in total. The fraction of sp³-hybridized carbons (Fsp3) is 1.00. The molecule has 2 aliphatic rings. The molecule has 2 rings (SSSR count). The van der Waals surface area contributed by atoms with Crippen molar-refractivity contribution in [1.29, 1.82) is 0 Å². The van der Waals surface area contributed by atoms with Gasteiger partial charge in [0, 0.05) is 0 Å². The van der Waals surface area contributed by atoms with E-state index in [1.165, 1.54) is 6.42 Å². The van der Waals surface area contributed by atoms with Crippen molar-refractivity contribution < 1.29 is 20.1 Å². The van der Waals surface area contributed by atoms with Crippen LogP contribution in [0, 0.1) is 5.92 Å². The predicted octanol–water partition coefficient (Wildman–Crippen LogP) is 0.438. The second kappa shape index (κ2) is 4.61. The number of rotatable bonds is 1. The Morgan fingerprint density at radius 3 is 2.38 bits per heavy atom. The van der Waals surface area contributed by atoms with E-state index >= 15 is 0 Å². The van der Waals surface area contributed by atoms with Crippen molar-refractivity contribution in [3.63, 3.8) is 0 Å². The van der Waals surface area contributed by atoms with Gasteiger partial charge in [-0.3, -0.25) is 0 Å². The Morgan fingerprint density at radius 2 is 1.75 bits per heavy atom. The molecule has 2 unspecified atom stereocenters. The van der Waals surface area contributed by atoms with Gasteiger partial charge in [-0.2, -0.15) is 0 Å². The lowest BCUT2D eigenvalue weighted by Crippen LogP contribution is -2.65. The summed E-state index contributed by atoms with van der Waals surface area (Å²) in [6.07, 6.45) is 2.73. The third-order valence-electron chi connectivity index (χ3n) is 4.27. The van der Waals surface area contributed by atoms with Crippen LogP contribution in [0.3, 0.4) is 0 Å². The van der Waals surface area contributed by atoms with Crippen LogP contribution in [0.4, 0.5) is 0 Å². The van der Waals surface area contributed by atoms with Crippen molar-refractivity contribution in [2.75, 3.05) is 6.61 Å². The summed E-state index contributed by atoms with van der Waals surface area (Å²) in [7, 11) is 0. The van der Waals surface area contributed by atoms with Crippen molar-refractivity contribution in [3.8, 4) is 0 Å². The first-order valence-electron chi connectivity index (χ1n) is 6.27. The quantitative estimate of drug-likeness (QED) is 0.611. The Balaban J connectivity index is 2.17. The van der Waals surface area contributed by atoms with Gasteiger partial charge in [0.25, 0.3) is 0 Å². The van der Waals surface area contributed by atoms with Gasteiger partial charge >= 0.3 is 0 Å². The first-order chi connectivity index (χ1) is 7.56. The van der Waals surface area contributed by atoms with Crippen molar-refractivity contribution in [1.82, 2.24) is 0 Å². The van der Waals surface area contributed by atoms with Gasteiger partial charge in [0.1, 0.15) is 17.8 Å². The molecule has 0 spiro atoms. The van der Waals surface area contributed by atoms with Crippen LogP contribution in [-0.4, -0.2) is 45.8 Å². The molecule has 3 N–H and O–H groups in total. The lowest BCUT2D eigenvalue weighted by Gasteiger charge is -2.49. The van der Waals surface area contributed by atoms with Gasteiger partial charge in [-0.25, -0.2) is 0 Å². The molecule has 1 saturated carbocycles. The molecular formula is C12H22O4. The number of hydrogen-bond acceptors (Lipinski definition) is 4. The summed E-state index contributed by atoms with van der Waals surface area (Å²) in [6, 6.07) is 0. The first kappa shape index (κ1) is 12.3. The number of hydrogen-bond donors (Lipinski definition) is 3. The molecule has 0 aromatic heterocycles. The smallest absolute Gasteiger partial charge is 0.122 e. The third-order valence-corrected chi connectivity index (χ3v) is 4.27. The third kappa shape index (κ3) is 1.88. The monoisotopic (exact) mass is 230 g/mol. The van der Waals surface area contributed by atoms with Gasteiger partial charge in [-0.1, -0.05) is 19.3 Å². The summed E-state index contributed by atoms with van der Waals surface area (Å²) >= 11 is 0. The molecule has 0 aromatic rings. The Labute approximate surface area is 96.2 Å². The summed E-state index contributed by atoms with van der Waals surface area (Å²) in [6.45, 7) is 1.89. The highest BCUT2D eigenvalue weighted by Crippen LogP contribution is 2.40. The van der Waals surface area contributed by atoms with Gasteiger partial charge in [-0.15, -0.1) is 0 Å². The molecular weight excluding hydrogens is 208 g/mol. The van der Waals surface area contributed by atoms with E-state index in [0.29, 0.717) is 0 Å². The van der Waals surface area contributed by atoms with Crippen LogP contribution in [-0.2, 0) is 4.74 Å². The van der Waals surface area contributed by atoms with Crippen molar-refractivity contribution in [2.45, 2.75) is 62.9 Å². The molecule has 94 valence electrons. The predicted molar refractivity (Wildman–Crippen MR) is 59.0 cm³/mol. The fourth-order valence-corrected chi connectivity index (χ4v) is 3.15. The summed E-state index contributed by atoms with van der Waals surface area (Å²) in [5.74, 6) is 0.0428. The summed E-state index contributed by atoms with van der Waals surface area (Å²) in [5.41, 5.74) is -1.28. The topological polar surface area (TPSA) is 69.9 Å². The van der Waals surface area contributed by atoms with E-state index in [1.54, 1.807) is 6.92 Å². The number of aliphatic hydroxyl groups is 3. The average Bonchev–Trinajstić information content (AvgIpc) is 2.33. The van der Waals surface area contributed by atoms with Gasteiger partial charge in [0.2, 0.25) is 0 Å². The van der Waals surface area contributed by atoms with Crippen LogP contribution >= 0.6 is 0 Å². The lowest BCUT2D eigenvalue weighted by molar-refractivity contribution is -0.260. The molecule has 0 bridgehead atoms. The molecule has 0 amide bonds. The molecule has 4 atom stereocenters. The van der Waals surface area contributed by atoms with Crippen LogP contribution < -0.4 is 0 Å². The SMILES string of the molecule is CC1OC[C@H](O)C(O)[C@@]1(O)C1CCCCC1. The van der Waals surface area contributed by atoms with E-state index in [4.69, 9.17) is 4.74 Å². The zero-order chi connectivity index (χ0) is 11.8. The number of aliphatic hydroxyl groups excluding tert-OH is 2. The van der Waals surface area contributed by atoms with E-state index in [9.17, 15) is 15.3 Å². The Kier molecular flexibility index (Phi) is 3.54. The van der Waals surface area contributed by atoms with Gasteiger partial charge in [0.05, 0.1) is 12.7 Å². The summed E-state index contributed by atoms with van der Waals surface area (Å²) in [4.78, 5) is 0. The summed E-state index contributed by atoms with van der Waals surface area (Å²) in [5, 5.41) is 30.3. The van der Waals surface area contributed by atoms with Gasteiger partial charge in [0.15, 0.2) is 0 Å². The van der Waals surface area contributed by atoms with Crippen molar-refractivity contribution >= 4 is 0 Å². The fourth-order valence-electron chi connectivity index (χ4n) is 3.15. The molecule has 0 radical (unpaired) electrons. The molecule has 1 heterocycles. The van der Waals surface area contributed by atoms with Crippen LogP contribution in [0.5, 0.6) is 0 Å². The van der Waals surface area contributed by atoms with Gasteiger partial charge < -0.3 is 20.1 Å². The minimum absolute atomic E-state index is 0.0428. The van der Waals surface area contributed by atoms with Crippen molar-refractivity contribution in [2.24, 2.45) is 5.92 Å². The zero-order valence-electron chi connectivity index (χ0n) is 9.80. The van der Waals surface area contributed by atoms with Crippen LogP contribution in [0.2, 0.25) is 0 Å². The second-order valence-corrected chi connectivity index (χ2v) is 5.21. The Hall–Kier alpha value is -0.160. The van der Waals surface area contributed by atoms with Crippen molar-refractivity contribution in [3.05, 3.63) is 0 Å². The van der Waals surface area contributed by atoms with Crippen LogP contribution in [0.1, 0.15) is 39.0 Å². The highest BCUT2D eigenvalue weighted by atomic mass is 16.5.